The first-order valence-electron chi connectivity index (χ1n) is 7.03. The number of nitrogens with zero attached hydrogens (tertiary/aromatic N) is 1. The molecule has 2 N–H and O–H groups in total. The van der Waals surface area contributed by atoms with E-state index in [0.29, 0.717) is 17.9 Å². The van der Waals surface area contributed by atoms with E-state index in [2.05, 4.69) is 25.7 Å². The number of halogens is 1. The summed E-state index contributed by atoms with van der Waals surface area (Å²) >= 11 is 0. The van der Waals surface area contributed by atoms with Crippen LogP contribution < -0.4 is 5.73 Å². The van der Waals surface area contributed by atoms with E-state index in [-0.39, 0.29) is 23.9 Å². The minimum atomic E-state index is -0.291. The minimum absolute atomic E-state index is 0. The predicted octanol–water partition coefficient (Wildman–Crippen LogP) is 2.57. The van der Waals surface area contributed by atoms with Gasteiger partial charge >= 0.3 is 0 Å². The van der Waals surface area contributed by atoms with Crippen LogP contribution in [0.15, 0.2) is 0 Å². The van der Waals surface area contributed by atoms with E-state index >= 15 is 0 Å². The number of hydrogen-bond acceptors (Lipinski definition) is 2. The number of nitrogens with two attached hydrogens (primary N) is 1. The van der Waals surface area contributed by atoms with E-state index in [4.69, 9.17) is 5.73 Å². The quantitative estimate of drug-likeness (QED) is 0.799. The van der Waals surface area contributed by atoms with Crippen LogP contribution in [-0.2, 0) is 4.79 Å². The highest BCUT2D eigenvalue weighted by Crippen LogP contribution is 2.35. The molecule has 1 heterocycles. The van der Waals surface area contributed by atoms with Crippen molar-refractivity contribution in [2.45, 2.75) is 64.5 Å². The maximum atomic E-state index is 12.6. The number of carbonyl (C=O) groups excluding carboxylic acids is 1. The Kier molecular flexibility index (Phi) is 5.07. The molecule has 0 bridgehead atoms. The summed E-state index contributed by atoms with van der Waals surface area (Å²) in [7, 11) is 0. The van der Waals surface area contributed by atoms with Gasteiger partial charge in [0.05, 0.1) is 5.92 Å². The standard InChI is InChI=1S/C14H26N2O.ClH/c1-10-7-9-16(11(10)2)13(17)12-6-4-5-8-14(12,3)15;/h10-12H,4-9,15H2,1-3H3;1H. The highest BCUT2D eigenvalue weighted by Gasteiger charge is 2.42. The molecule has 106 valence electrons. The fourth-order valence-corrected chi connectivity index (χ4v) is 3.37. The van der Waals surface area contributed by atoms with Crippen molar-refractivity contribution in [3.05, 3.63) is 0 Å². The smallest absolute Gasteiger partial charge is 0.227 e. The summed E-state index contributed by atoms with van der Waals surface area (Å²) < 4.78 is 0. The normalized spacial score (nSPS) is 40.4. The van der Waals surface area contributed by atoms with E-state index in [1.54, 1.807) is 0 Å². The van der Waals surface area contributed by atoms with Gasteiger partial charge < -0.3 is 10.6 Å². The monoisotopic (exact) mass is 274 g/mol. The third-order valence-electron chi connectivity index (χ3n) is 4.98. The Labute approximate surface area is 117 Å². The van der Waals surface area contributed by atoms with Crippen LogP contribution >= 0.6 is 12.4 Å². The molecule has 2 aliphatic rings. The zero-order chi connectivity index (χ0) is 12.6. The van der Waals surface area contributed by atoms with Crippen LogP contribution in [0.4, 0.5) is 0 Å². The highest BCUT2D eigenvalue weighted by molar-refractivity contribution is 5.85. The zero-order valence-corrected chi connectivity index (χ0v) is 12.6. The van der Waals surface area contributed by atoms with Gasteiger partial charge in [-0.1, -0.05) is 19.8 Å². The number of likely N-dealkylation sites (tertiary alicyclic amines) is 1. The summed E-state index contributed by atoms with van der Waals surface area (Å²) in [5.41, 5.74) is 6.03. The van der Waals surface area contributed by atoms with Crippen LogP contribution in [0.25, 0.3) is 0 Å². The van der Waals surface area contributed by atoms with Gasteiger partial charge in [0, 0.05) is 18.1 Å². The van der Waals surface area contributed by atoms with E-state index < -0.39 is 0 Å². The SMILES string of the molecule is CC1CCN(C(=O)C2CCCCC2(C)N)C1C.Cl. The van der Waals surface area contributed by atoms with E-state index in [1.807, 2.05) is 0 Å². The summed E-state index contributed by atoms with van der Waals surface area (Å²) in [4.78, 5) is 14.7. The number of amides is 1. The maximum Gasteiger partial charge on any atom is 0.227 e. The molecular formula is C14H27ClN2O. The Morgan fingerprint density at radius 1 is 1.28 bits per heavy atom. The van der Waals surface area contributed by atoms with Crippen molar-refractivity contribution in [3.63, 3.8) is 0 Å². The fourth-order valence-electron chi connectivity index (χ4n) is 3.37. The predicted molar refractivity (Wildman–Crippen MR) is 76.8 cm³/mol. The van der Waals surface area contributed by atoms with Gasteiger partial charge in [0.1, 0.15) is 0 Å². The molecule has 0 aromatic carbocycles. The second kappa shape index (κ2) is 5.79. The summed E-state index contributed by atoms with van der Waals surface area (Å²) in [5, 5.41) is 0. The second-order valence-electron chi connectivity index (χ2n) is 6.34. The molecular weight excluding hydrogens is 248 g/mol. The Morgan fingerprint density at radius 2 is 1.94 bits per heavy atom. The lowest BCUT2D eigenvalue weighted by molar-refractivity contribution is -0.139. The van der Waals surface area contributed by atoms with Gasteiger partial charge in [-0.2, -0.15) is 0 Å². The largest absolute Gasteiger partial charge is 0.339 e. The third-order valence-corrected chi connectivity index (χ3v) is 4.98. The van der Waals surface area contributed by atoms with Gasteiger partial charge in [0.2, 0.25) is 5.91 Å². The first kappa shape index (κ1) is 15.8. The topological polar surface area (TPSA) is 46.3 Å². The average molecular weight is 275 g/mol. The van der Waals surface area contributed by atoms with Gasteiger partial charge in [0.25, 0.3) is 0 Å². The van der Waals surface area contributed by atoms with Crippen LogP contribution in [0.1, 0.15) is 52.9 Å². The molecule has 1 saturated carbocycles. The van der Waals surface area contributed by atoms with Gasteiger partial charge in [-0.3, -0.25) is 4.79 Å². The lowest BCUT2D eigenvalue weighted by atomic mass is 9.74. The Hall–Kier alpha value is -0.280. The van der Waals surface area contributed by atoms with E-state index in [9.17, 15) is 4.79 Å². The second-order valence-corrected chi connectivity index (χ2v) is 6.34. The lowest BCUT2D eigenvalue weighted by Gasteiger charge is -2.40. The number of rotatable bonds is 1. The van der Waals surface area contributed by atoms with Gasteiger partial charge in [-0.05, 0) is 39.0 Å². The van der Waals surface area contributed by atoms with Crippen molar-refractivity contribution in [1.82, 2.24) is 4.90 Å². The molecule has 18 heavy (non-hydrogen) atoms. The van der Waals surface area contributed by atoms with Crippen LogP contribution in [0.2, 0.25) is 0 Å². The molecule has 2 rings (SSSR count). The minimum Gasteiger partial charge on any atom is -0.339 e. The molecule has 1 aliphatic heterocycles. The zero-order valence-electron chi connectivity index (χ0n) is 11.8. The molecule has 4 heteroatoms. The molecule has 0 aromatic heterocycles. The molecule has 1 saturated heterocycles. The molecule has 0 spiro atoms. The van der Waals surface area contributed by atoms with E-state index in [1.165, 1.54) is 6.42 Å². The highest BCUT2D eigenvalue weighted by atomic mass is 35.5. The van der Waals surface area contributed by atoms with E-state index in [0.717, 1.165) is 32.2 Å². The Morgan fingerprint density at radius 3 is 2.44 bits per heavy atom. The van der Waals surface area contributed by atoms with Crippen molar-refractivity contribution in [2.24, 2.45) is 17.6 Å². The van der Waals surface area contributed by atoms with Crippen molar-refractivity contribution in [2.75, 3.05) is 6.54 Å². The number of hydrogen-bond donors (Lipinski definition) is 1. The summed E-state index contributed by atoms with van der Waals surface area (Å²) in [6, 6.07) is 0.389. The molecule has 4 unspecified atom stereocenters. The molecule has 0 radical (unpaired) electrons. The first-order valence-corrected chi connectivity index (χ1v) is 7.03. The third kappa shape index (κ3) is 2.83. The molecule has 3 nitrogen and oxygen atoms in total. The van der Waals surface area contributed by atoms with Crippen molar-refractivity contribution < 1.29 is 4.79 Å². The van der Waals surface area contributed by atoms with Crippen LogP contribution in [0.5, 0.6) is 0 Å². The van der Waals surface area contributed by atoms with Crippen LogP contribution in [0, 0.1) is 11.8 Å². The van der Waals surface area contributed by atoms with Crippen molar-refractivity contribution in [1.29, 1.82) is 0 Å². The molecule has 4 atom stereocenters. The molecule has 1 aliphatic carbocycles. The van der Waals surface area contributed by atoms with Gasteiger partial charge in [-0.15, -0.1) is 12.4 Å². The Bertz CT molecular complexity index is 306. The van der Waals surface area contributed by atoms with Crippen LogP contribution in [-0.4, -0.2) is 28.9 Å². The van der Waals surface area contributed by atoms with Crippen LogP contribution in [0.3, 0.4) is 0 Å². The van der Waals surface area contributed by atoms with Crippen molar-refractivity contribution >= 4 is 18.3 Å². The summed E-state index contributed by atoms with van der Waals surface area (Å²) in [6.07, 6.45) is 5.43. The maximum absolute atomic E-state index is 12.6. The first-order chi connectivity index (χ1) is 7.93. The summed E-state index contributed by atoms with van der Waals surface area (Å²) in [5.74, 6) is 0.988. The molecule has 1 amide bonds. The van der Waals surface area contributed by atoms with Gasteiger partial charge in [-0.25, -0.2) is 0 Å². The summed E-state index contributed by atoms with van der Waals surface area (Å²) in [6.45, 7) is 7.39. The lowest BCUT2D eigenvalue weighted by Crippen LogP contribution is -2.54. The fraction of sp³-hybridized carbons (Fsp3) is 0.929. The van der Waals surface area contributed by atoms with Crippen molar-refractivity contribution in [3.8, 4) is 0 Å². The number of carbonyl (C=O) groups is 1. The Balaban J connectivity index is 0.00000162. The molecule has 0 aromatic rings. The van der Waals surface area contributed by atoms with Gasteiger partial charge in [0.15, 0.2) is 0 Å². The average Bonchev–Trinajstić information content (AvgIpc) is 2.58. The molecule has 2 fully saturated rings.